The molecule has 0 spiro atoms. The van der Waals surface area contributed by atoms with E-state index in [0.29, 0.717) is 35.8 Å². The van der Waals surface area contributed by atoms with Crippen LogP contribution in [-0.4, -0.2) is 37.8 Å². The number of carboxylic acids is 1. The van der Waals surface area contributed by atoms with Gasteiger partial charge in [0.25, 0.3) is 0 Å². The maximum absolute atomic E-state index is 13.0. The number of amides is 1. The van der Waals surface area contributed by atoms with E-state index in [4.69, 9.17) is 14.2 Å². The van der Waals surface area contributed by atoms with Gasteiger partial charge in [0.15, 0.2) is 11.5 Å². The molecule has 2 N–H and O–H groups in total. The van der Waals surface area contributed by atoms with E-state index in [1.807, 2.05) is 24.3 Å². The summed E-state index contributed by atoms with van der Waals surface area (Å²) in [5, 5.41) is 12.2. The number of benzene rings is 2. The van der Waals surface area contributed by atoms with Gasteiger partial charge in [-0.1, -0.05) is 24.3 Å². The van der Waals surface area contributed by atoms with Gasteiger partial charge in [0.2, 0.25) is 5.91 Å². The van der Waals surface area contributed by atoms with Gasteiger partial charge in [-0.05, 0) is 30.2 Å². The van der Waals surface area contributed by atoms with Crippen LogP contribution in [0.25, 0.3) is 0 Å². The molecule has 0 saturated heterocycles. The third-order valence-electron chi connectivity index (χ3n) is 4.78. The molecule has 1 aliphatic heterocycles. The number of ether oxygens (including phenoxy) is 3. The molecule has 3 rings (SSSR count). The van der Waals surface area contributed by atoms with Crippen molar-refractivity contribution < 1.29 is 28.9 Å². The van der Waals surface area contributed by atoms with Crippen molar-refractivity contribution >= 4 is 11.9 Å². The van der Waals surface area contributed by atoms with Crippen molar-refractivity contribution in [3.05, 3.63) is 53.6 Å². The number of fused-ring (bicyclic) bond motifs is 1. The Hall–Kier alpha value is -3.22. The molecule has 1 aliphatic rings. The number of nitrogens with one attached hydrogen (secondary N) is 1. The number of carbonyl (C=O) groups is 2. The van der Waals surface area contributed by atoms with Gasteiger partial charge >= 0.3 is 5.97 Å². The Morgan fingerprint density at radius 3 is 2.64 bits per heavy atom. The summed E-state index contributed by atoms with van der Waals surface area (Å²) in [5.74, 6) is 0.0755. The Bertz CT molecular complexity index is 866. The fourth-order valence-electron chi connectivity index (χ4n) is 3.38. The minimum absolute atomic E-state index is 0.225. The first kappa shape index (κ1) is 19.5. The maximum atomic E-state index is 13.0. The molecule has 2 aromatic rings. The molecule has 0 saturated carbocycles. The van der Waals surface area contributed by atoms with Crippen LogP contribution >= 0.6 is 0 Å². The van der Waals surface area contributed by atoms with Crippen LogP contribution in [0, 0.1) is 0 Å². The van der Waals surface area contributed by atoms with Crippen LogP contribution in [0.2, 0.25) is 0 Å². The predicted molar refractivity (Wildman–Crippen MR) is 102 cm³/mol. The summed E-state index contributed by atoms with van der Waals surface area (Å²) < 4.78 is 16.1. The van der Waals surface area contributed by atoms with Crippen LogP contribution in [0.4, 0.5) is 0 Å². The Balaban J connectivity index is 1.86. The number of carboxylic acid groups (broad SMARTS) is 1. The number of rotatable bonds is 7. The molecule has 2 atom stereocenters. The highest BCUT2D eigenvalue weighted by molar-refractivity contribution is 5.85. The molecule has 0 aliphatic carbocycles. The molecule has 2 aromatic carbocycles. The summed E-state index contributed by atoms with van der Waals surface area (Å²) in [7, 11) is 3.03. The average molecular weight is 385 g/mol. The van der Waals surface area contributed by atoms with Gasteiger partial charge in [0, 0.05) is 5.56 Å². The minimum Gasteiger partial charge on any atom is -0.493 e. The molecule has 0 fully saturated rings. The van der Waals surface area contributed by atoms with Crippen molar-refractivity contribution in [2.45, 2.75) is 24.8 Å². The van der Waals surface area contributed by atoms with Crippen LogP contribution in [0.5, 0.6) is 17.2 Å². The first-order valence-electron chi connectivity index (χ1n) is 8.99. The molecule has 0 aromatic heterocycles. The Kier molecular flexibility index (Phi) is 6.03. The summed E-state index contributed by atoms with van der Waals surface area (Å²) in [5.41, 5.74) is 1.45. The van der Waals surface area contributed by atoms with Gasteiger partial charge in [0.05, 0.1) is 39.2 Å². The second kappa shape index (κ2) is 8.65. The lowest BCUT2D eigenvalue weighted by Gasteiger charge is -2.27. The lowest BCUT2D eigenvalue weighted by Crippen LogP contribution is -2.36. The van der Waals surface area contributed by atoms with Crippen molar-refractivity contribution in [1.29, 1.82) is 0 Å². The Labute approximate surface area is 163 Å². The molecule has 7 heteroatoms. The first-order chi connectivity index (χ1) is 13.5. The van der Waals surface area contributed by atoms with E-state index < -0.39 is 12.0 Å². The van der Waals surface area contributed by atoms with E-state index in [9.17, 15) is 14.7 Å². The van der Waals surface area contributed by atoms with Crippen LogP contribution in [0.1, 0.15) is 35.9 Å². The highest BCUT2D eigenvalue weighted by Crippen LogP contribution is 2.35. The standard InChI is InChI=1S/C21H23NO6/c1-26-18-8-7-13(11-19(18)27-2)16(12-20(23)24)22-21(25)15-9-10-28-17-6-4-3-5-14(15)17/h3-8,11,15-16H,9-10,12H2,1-2H3,(H,22,25)(H,23,24)/t15-,16+/m0/s1. The highest BCUT2D eigenvalue weighted by Gasteiger charge is 2.30. The highest BCUT2D eigenvalue weighted by atomic mass is 16.5. The second-order valence-electron chi connectivity index (χ2n) is 6.50. The van der Waals surface area contributed by atoms with Crippen molar-refractivity contribution in [2.75, 3.05) is 20.8 Å². The van der Waals surface area contributed by atoms with Crippen molar-refractivity contribution in [3.63, 3.8) is 0 Å². The fraction of sp³-hybridized carbons (Fsp3) is 0.333. The SMILES string of the molecule is COc1ccc([C@@H](CC(=O)O)NC(=O)[C@H]2CCOc3ccccc32)cc1OC. The number of aliphatic carboxylic acids is 1. The fourth-order valence-corrected chi connectivity index (χ4v) is 3.38. The molecule has 0 unspecified atom stereocenters. The van der Waals surface area contributed by atoms with Crippen molar-refractivity contribution in [1.82, 2.24) is 5.32 Å². The summed E-state index contributed by atoms with van der Waals surface area (Å²) in [6.07, 6.45) is 0.292. The molecular formula is C21H23NO6. The summed E-state index contributed by atoms with van der Waals surface area (Å²) in [6, 6.07) is 11.8. The number of hydrogen-bond acceptors (Lipinski definition) is 5. The van der Waals surface area contributed by atoms with Crippen molar-refractivity contribution in [3.8, 4) is 17.2 Å². The zero-order valence-corrected chi connectivity index (χ0v) is 15.8. The molecule has 0 radical (unpaired) electrons. The van der Waals surface area contributed by atoms with Crippen LogP contribution in [-0.2, 0) is 9.59 Å². The molecule has 148 valence electrons. The first-order valence-corrected chi connectivity index (χ1v) is 8.99. The third-order valence-corrected chi connectivity index (χ3v) is 4.78. The lowest BCUT2D eigenvalue weighted by molar-refractivity contribution is -0.137. The van der Waals surface area contributed by atoms with E-state index in [1.165, 1.54) is 14.2 Å². The number of hydrogen-bond donors (Lipinski definition) is 2. The van der Waals surface area contributed by atoms with Gasteiger partial charge in [-0.25, -0.2) is 0 Å². The molecule has 0 bridgehead atoms. The monoisotopic (exact) mass is 385 g/mol. The van der Waals surface area contributed by atoms with E-state index in [0.717, 1.165) is 5.56 Å². The summed E-state index contributed by atoms with van der Waals surface area (Å²) in [4.78, 5) is 24.4. The topological polar surface area (TPSA) is 94.1 Å². The van der Waals surface area contributed by atoms with Gasteiger partial charge in [0.1, 0.15) is 5.75 Å². The molecule has 1 heterocycles. The predicted octanol–water partition coefficient (Wildman–Crippen LogP) is 2.90. The van der Waals surface area contributed by atoms with Gasteiger partial charge in [-0.2, -0.15) is 0 Å². The normalized spacial score (nSPS) is 16.3. The van der Waals surface area contributed by atoms with E-state index in [1.54, 1.807) is 18.2 Å². The second-order valence-corrected chi connectivity index (χ2v) is 6.50. The number of methoxy groups -OCH3 is 2. The van der Waals surface area contributed by atoms with Crippen LogP contribution in [0.3, 0.4) is 0 Å². The molecule has 1 amide bonds. The van der Waals surface area contributed by atoms with Crippen LogP contribution in [0.15, 0.2) is 42.5 Å². The smallest absolute Gasteiger partial charge is 0.305 e. The van der Waals surface area contributed by atoms with Crippen molar-refractivity contribution in [2.24, 2.45) is 0 Å². The van der Waals surface area contributed by atoms with E-state index >= 15 is 0 Å². The van der Waals surface area contributed by atoms with Crippen LogP contribution < -0.4 is 19.5 Å². The van der Waals surface area contributed by atoms with E-state index in [2.05, 4.69) is 5.32 Å². The lowest BCUT2D eigenvalue weighted by atomic mass is 9.91. The largest absolute Gasteiger partial charge is 0.493 e. The van der Waals surface area contributed by atoms with Gasteiger partial charge in [-0.15, -0.1) is 0 Å². The molecule has 7 nitrogen and oxygen atoms in total. The van der Waals surface area contributed by atoms with Gasteiger partial charge < -0.3 is 24.6 Å². The molecular weight excluding hydrogens is 362 g/mol. The minimum atomic E-state index is -1.01. The quantitative estimate of drug-likeness (QED) is 0.761. The van der Waals surface area contributed by atoms with Gasteiger partial charge in [-0.3, -0.25) is 9.59 Å². The number of carbonyl (C=O) groups excluding carboxylic acids is 1. The maximum Gasteiger partial charge on any atom is 0.305 e. The van der Waals surface area contributed by atoms with E-state index in [-0.39, 0.29) is 18.2 Å². The number of para-hydroxylation sites is 1. The zero-order chi connectivity index (χ0) is 20.1. The molecule has 28 heavy (non-hydrogen) atoms. The summed E-state index contributed by atoms with van der Waals surface area (Å²) in [6.45, 7) is 0.440. The Morgan fingerprint density at radius 1 is 1.18 bits per heavy atom. The summed E-state index contributed by atoms with van der Waals surface area (Å²) >= 11 is 0. The average Bonchev–Trinajstić information content (AvgIpc) is 2.71. The zero-order valence-electron chi connectivity index (χ0n) is 15.8. The Morgan fingerprint density at radius 2 is 1.93 bits per heavy atom. The third kappa shape index (κ3) is 4.19.